The van der Waals surface area contributed by atoms with Crippen LogP contribution in [0.2, 0.25) is 0 Å². The fourth-order valence-corrected chi connectivity index (χ4v) is 4.15. The van der Waals surface area contributed by atoms with Gasteiger partial charge in [0, 0.05) is 24.6 Å². The summed E-state index contributed by atoms with van der Waals surface area (Å²) >= 11 is 0. The number of rotatable bonds is 6. The third-order valence-corrected chi connectivity index (χ3v) is 5.57. The van der Waals surface area contributed by atoms with Crippen molar-refractivity contribution in [3.05, 3.63) is 90.8 Å². The van der Waals surface area contributed by atoms with E-state index in [1.807, 2.05) is 83.8 Å². The van der Waals surface area contributed by atoms with Crippen molar-refractivity contribution in [2.75, 3.05) is 18.1 Å². The molecule has 1 fully saturated rings. The normalized spacial score (nSPS) is 16.3. The van der Waals surface area contributed by atoms with Gasteiger partial charge >= 0.3 is 0 Å². The molecule has 4 aromatic rings. The lowest BCUT2D eigenvalue weighted by Gasteiger charge is -2.17. The number of fused-ring (bicyclic) bond motifs is 1. The highest BCUT2D eigenvalue weighted by atomic mass is 16.5. The minimum absolute atomic E-state index is 0.0573. The number of ether oxygens (including phenoxy) is 1. The molecule has 5 rings (SSSR count). The summed E-state index contributed by atoms with van der Waals surface area (Å²) in [7, 11) is 0. The van der Waals surface area contributed by atoms with Gasteiger partial charge in [0.2, 0.25) is 5.91 Å². The SMILES string of the molecule is O=C1CC(c2nc3ccccc3n2CCOc2ccccc2)CN1c1ccccc1. The number of carbonyl (C=O) groups is 1. The first-order valence-corrected chi connectivity index (χ1v) is 10.3. The summed E-state index contributed by atoms with van der Waals surface area (Å²) in [6.45, 7) is 1.87. The van der Waals surface area contributed by atoms with E-state index in [1.54, 1.807) is 0 Å². The monoisotopic (exact) mass is 397 g/mol. The van der Waals surface area contributed by atoms with Crippen molar-refractivity contribution in [2.24, 2.45) is 0 Å². The van der Waals surface area contributed by atoms with E-state index in [0.717, 1.165) is 28.3 Å². The lowest BCUT2D eigenvalue weighted by molar-refractivity contribution is -0.117. The number of amides is 1. The second-order valence-electron chi connectivity index (χ2n) is 7.51. The Hall–Kier alpha value is -3.60. The van der Waals surface area contributed by atoms with E-state index in [0.29, 0.717) is 26.1 Å². The van der Waals surface area contributed by atoms with Crippen LogP contribution in [0.4, 0.5) is 5.69 Å². The van der Waals surface area contributed by atoms with E-state index < -0.39 is 0 Å². The highest BCUT2D eigenvalue weighted by molar-refractivity contribution is 5.96. The minimum Gasteiger partial charge on any atom is -0.492 e. The van der Waals surface area contributed by atoms with Crippen molar-refractivity contribution in [1.29, 1.82) is 0 Å². The number of benzene rings is 3. The van der Waals surface area contributed by atoms with Gasteiger partial charge in [0.1, 0.15) is 18.2 Å². The molecule has 3 aromatic carbocycles. The van der Waals surface area contributed by atoms with E-state index in [9.17, 15) is 4.79 Å². The fraction of sp³-hybridized carbons (Fsp3) is 0.200. The van der Waals surface area contributed by atoms with Crippen LogP contribution in [0.3, 0.4) is 0 Å². The third-order valence-electron chi connectivity index (χ3n) is 5.57. The Kier molecular flexibility index (Phi) is 4.93. The smallest absolute Gasteiger partial charge is 0.227 e. The topological polar surface area (TPSA) is 47.4 Å². The van der Waals surface area contributed by atoms with Crippen molar-refractivity contribution in [3.63, 3.8) is 0 Å². The van der Waals surface area contributed by atoms with Crippen molar-refractivity contribution in [3.8, 4) is 5.75 Å². The van der Waals surface area contributed by atoms with Gasteiger partial charge in [-0.3, -0.25) is 4.79 Å². The first kappa shape index (κ1) is 18.4. The first-order valence-electron chi connectivity index (χ1n) is 10.3. The fourth-order valence-electron chi connectivity index (χ4n) is 4.15. The van der Waals surface area contributed by atoms with Crippen molar-refractivity contribution < 1.29 is 9.53 Å². The Balaban J connectivity index is 1.41. The number of hydrogen-bond donors (Lipinski definition) is 0. The van der Waals surface area contributed by atoms with Gasteiger partial charge < -0.3 is 14.2 Å². The standard InChI is InChI=1S/C25H23N3O2/c29-24-17-19(18-28(24)20-9-3-1-4-10-20)25-26-22-13-7-8-14-23(22)27(25)15-16-30-21-11-5-2-6-12-21/h1-14,19H,15-18H2. The summed E-state index contributed by atoms with van der Waals surface area (Å²) in [6, 6.07) is 27.8. The number of anilines is 1. The molecule has 2 heterocycles. The molecule has 1 saturated heterocycles. The second kappa shape index (κ2) is 8.03. The van der Waals surface area contributed by atoms with Crippen LogP contribution in [0.25, 0.3) is 11.0 Å². The van der Waals surface area contributed by atoms with Crippen molar-refractivity contribution in [2.45, 2.75) is 18.9 Å². The largest absolute Gasteiger partial charge is 0.492 e. The molecule has 1 aliphatic rings. The third kappa shape index (κ3) is 3.54. The number of aromatic nitrogens is 2. The quantitative estimate of drug-likeness (QED) is 0.476. The summed E-state index contributed by atoms with van der Waals surface area (Å²) in [5, 5.41) is 0. The Labute approximate surface area is 175 Å². The molecule has 0 bridgehead atoms. The minimum atomic E-state index is 0.0573. The van der Waals surface area contributed by atoms with Crippen LogP contribution in [0.1, 0.15) is 18.2 Å². The molecule has 1 aromatic heterocycles. The van der Waals surface area contributed by atoms with E-state index in [-0.39, 0.29) is 11.8 Å². The highest BCUT2D eigenvalue weighted by Crippen LogP contribution is 2.33. The molecular weight excluding hydrogens is 374 g/mol. The van der Waals surface area contributed by atoms with Crippen LogP contribution in [-0.2, 0) is 11.3 Å². The zero-order valence-electron chi connectivity index (χ0n) is 16.6. The summed E-state index contributed by atoms with van der Waals surface area (Å²) in [4.78, 5) is 19.5. The Morgan fingerprint density at radius 1 is 0.900 bits per heavy atom. The number of hydrogen-bond acceptors (Lipinski definition) is 3. The maximum Gasteiger partial charge on any atom is 0.227 e. The van der Waals surface area contributed by atoms with Crippen molar-refractivity contribution >= 4 is 22.6 Å². The van der Waals surface area contributed by atoms with Crippen LogP contribution < -0.4 is 9.64 Å². The average molecular weight is 397 g/mol. The van der Waals surface area contributed by atoms with Crippen LogP contribution in [0.15, 0.2) is 84.9 Å². The molecule has 30 heavy (non-hydrogen) atoms. The predicted molar refractivity (Wildman–Crippen MR) is 118 cm³/mol. The van der Waals surface area contributed by atoms with Gasteiger partial charge in [-0.2, -0.15) is 0 Å². The summed E-state index contributed by atoms with van der Waals surface area (Å²) in [5.41, 5.74) is 2.98. The van der Waals surface area contributed by atoms with Gasteiger partial charge in [-0.1, -0.05) is 48.5 Å². The lowest BCUT2D eigenvalue weighted by atomic mass is 10.1. The zero-order valence-corrected chi connectivity index (χ0v) is 16.6. The van der Waals surface area contributed by atoms with E-state index in [1.165, 1.54) is 0 Å². The molecule has 0 N–H and O–H groups in total. The molecule has 0 saturated carbocycles. The van der Waals surface area contributed by atoms with Crippen LogP contribution in [0.5, 0.6) is 5.75 Å². The molecule has 1 unspecified atom stereocenters. The molecular formula is C25H23N3O2. The molecule has 0 aliphatic carbocycles. The van der Waals surface area contributed by atoms with Crippen molar-refractivity contribution in [1.82, 2.24) is 9.55 Å². The molecule has 5 heteroatoms. The van der Waals surface area contributed by atoms with Gasteiger partial charge in [-0.05, 0) is 36.4 Å². The van der Waals surface area contributed by atoms with Crippen LogP contribution >= 0.6 is 0 Å². The Morgan fingerprint density at radius 2 is 1.60 bits per heavy atom. The molecule has 1 amide bonds. The van der Waals surface area contributed by atoms with Gasteiger partial charge in [0.15, 0.2) is 0 Å². The predicted octanol–water partition coefficient (Wildman–Crippen LogP) is 4.64. The number of nitrogens with zero attached hydrogens (tertiary/aromatic N) is 3. The number of para-hydroxylation sites is 4. The van der Waals surface area contributed by atoms with E-state index in [2.05, 4.69) is 10.6 Å². The summed E-state index contributed by atoms with van der Waals surface area (Å²) < 4.78 is 8.14. The van der Waals surface area contributed by atoms with Gasteiger partial charge in [0.25, 0.3) is 0 Å². The summed E-state index contributed by atoms with van der Waals surface area (Å²) in [5.74, 6) is 2.02. The second-order valence-corrected chi connectivity index (χ2v) is 7.51. The molecule has 0 radical (unpaired) electrons. The maximum atomic E-state index is 12.7. The Morgan fingerprint density at radius 3 is 2.40 bits per heavy atom. The zero-order chi connectivity index (χ0) is 20.3. The molecule has 1 aliphatic heterocycles. The van der Waals surface area contributed by atoms with Crippen LogP contribution in [-0.4, -0.2) is 28.6 Å². The maximum absolute atomic E-state index is 12.7. The molecule has 5 nitrogen and oxygen atoms in total. The van der Waals surface area contributed by atoms with Crippen LogP contribution in [0, 0.1) is 0 Å². The van der Waals surface area contributed by atoms with Gasteiger partial charge in [0.05, 0.1) is 17.6 Å². The lowest BCUT2D eigenvalue weighted by Crippen LogP contribution is -2.24. The Bertz CT molecular complexity index is 1150. The average Bonchev–Trinajstić information content (AvgIpc) is 3.36. The van der Waals surface area contributed by atoms with E-state index in [4.69, 9.17) is 9.72 Å². The highest BCUT2D eigenvalue weighted by Gasteiger charge is 2.34. The molecule has 150 valence electrons. The molecule has 1 atom stereocenters. The van der Waals surface area contributed by atoms with Gasteiger partial charge in [-0.15, -0.1) is 0 Å². The van der Waals surface area contributed by atoms with E-state index >= 15 is 0 Å². The molecule has 0 spiro atoms. The van der Waals surface area contributed by atoms with Gasteiger partial charge in [-0.25, -0.2) is 4.98 Å². The first-order chi connectivity index (χ1) is 14.8. The number of imidazole rings is 1. The number of carbonyl (C=O) groups excluding carboxylic acids is 1. The summed E-state index contributed by atoms with van der Waals surface area (Å²) in [6.07, 6.45) is 0.470.